The molecule has 0 spiro atoms. The molecule has 5 heteroatoms. The third-order valence-corrected chi connectivity index (χ3v) is 11.2. The second kappa shape index (κ2) is 13.3. The SMILES string of the molecule is c1ccc(-c2nc(CCCc3cccc(-c4cccc5sc6ccccc6c45)c3-c3cccc4c3oc3ccccc34)nc(-c3ccccc3)n2)cc1. The van der Waals surface area contributed by atoms with Crippen molar-refractivity contribution in [3.63, 3.8) is 0 Å². The minimum Gasteiger partial charge on any atom is -0.455 e. The van der Waals surface area contributed by atoms with Crippen LogP contribution in [-0.4, -0.2) is 15.0 Å². The molecule has 0 atom stereocenters. The predicted octanol–water partition coefficient (Wildman–Crippen LogP) is 13.0. The molecule has 7 aromatic carbocycles. The van der Waals surface area contributed by atoms with E-state index >= 15 is 0 Å². The van der Waals surface area contributed by atoms with Crippen molar-refractivity contribution in [3.8, 4) is 45.0 Å². The standard InChI is InChI=1S/C48H33N3OS/c1-3-15-32(16-4-1)47-49-43(50-48(51-47)33-17-5-2-6-18-33)30-12-20-31-19-11-23-35(36-24-14-29-42-45(36)38-22-8-10-28-41(38)53-42)44(31)39-26-13-25-37-34-21-7-9-27-40(34)52-46(37)39/h1-11,13-19,21-29H,12,20,30H2. The van der Waals surface area contributed by atoms with Gasteiger partial charge in [0.25, 0.3) is 0 Å². The van der Waals surface area contributed by atoms with Gasteiger partial charge in [0, 0.05) is 54.1 Å². The Bertz CT molecular complexity index is 2870. The Hall–Kier alpha value is -6.43. The number of fused-ring (bicyclic) bond motifs is 6. The molecular weight excluding hydrogens is 667 g/mol. The first-order chi connectivity index (χ1) is 26.3. The largest absolute Gasteiger partial charge is 0.455 e. The van der Waals surface area contributed by atoms with Crippen LogP contribution in [0.1, 0.15) is 17.8 Å². The Morgan fingerprint density at radius 2 is 1.06 bits per heavy atom. The first kappa shape index (κ1) is 31.3. The number of thiophene rings is 1. The van der Waals surface area contributed by atoms with Gasteiger partial charge in [-0.05, 0) is 53.3 Å². The maximum absolute atomic E-state index is 6.69. The van der Waals surface area contributed by atoms with Gasteiger partial charge < -0.3 is 4.42 Å². The Balaban J connectivity index is 1.11. The van der Waals surface area contributed by atoms with Gasteiger partial charge in [0.05, 0.1) is 0 Å². The number of nitrogens with zero attached hydrogens (tertiary/aromatic N) is 3. The molecule has 3 aromatic heterocycles. The molecule has 0 aliphatic heterocycles. The summed E-state index contributed by atoms with van der Waals surface area (Å²) in [6, 6.07) is 57.5. The van der Waals surface area contributed by atoms with Crippen LogP contribution in [0.5, 0.6) is 0 Å². The Kier molecular flexibility index (Phi) is 7.85. The maximum atomic E-state index is 6.69. The normalized spacial score (nSPS) is 11.6. The highest BCUT2D eigenvalue weighted by atomic mass is 32.1. The van der Waals surface area contributed by atoms with Crippen LogP contribution in [0.25, 0.3) is 87.1 Å². The molecule has 0 fully saturated rings. The molecule has 0 saturated heterocycles. The monoisotopic (exact) mass is 699 g/mol. The zero-order valence-corrected chi connectivity index (χ0v) is 29.7. The van der Waals surface area contributed by atoms with E-state index in [1.54, 1.807) is 0 Å². The molecule has 0 aliphatic rings. The number of rotatable bonds is 8. The van der Waals surface area contributed by atoms with Gasteiger partial charge in [0.1, 0.15) is 17.0 Å². The fraction of sp³-hybridized carbons (Fsp3) is 0.0625. The molecule has 3 heterocycles. The van der Waals surface area contributed by atoms with Gasteiger partial charge >= 0.3 is 0 Å². The van der Waals surface area contributed by atoms with Crippen molar-refractivity contribution < 1.29 is 4.42 Å². The zero-order valence-electron chi connectivity index (χ0n) is 28.9. The predicted molar refractivity (Wildman–Crippen MR) is 220 cm³/mol. The fourth-order valence-electron chi connectivity index (χ4n) is 7.70. The number of hydrogen-bond acceptors (Lipinski definition) is 5. The van der Waals surface area contributed by atoms with Crippen molar-refractivity contribution in [1.82, 2.24) is 15.0 Å². The Morgan fingerprint density at radius 1 is 0.453 bits per heavy atom. The van der Waals surface area contributed by atoms with Crippen LogP contribution in [0.4, 0.5) is 0 Å². The van der Waals surface area contributed by atoms with E-state index in [2.05, 4.69) is 121 Å². The van der Waals surface area contributed by atoms with Crippen molar-refractivity contribution in [3.05, 3.63) is 175 Å². The summed E-state index contributed by atoms with van der Waals surface area (Å²) >= 11 is 1.85. The van der Waals surface area contributed by atoms with Crippen LogP contribution in [-0.2, 0) is 12.8 Å². The Labute approximate surface area is 311 Å². The van der Waals surface area contributed by atoms with E-state index < -0.39 is 0 Å². The van der Waals surface area contributed by atoms with Gasteiger partial charge in [-0.25, -0.2) is 15.0 Å². The summed E-state index contributed by atoms with van der Waals surface area (Å²) in [5.41, 5.74) is 9.83. The van der Waals surface area contributed by atoms with Crippen molar-refractivity contribution >= 4 is 53.4 Å². The van der Waals surface area contributed by atoms with Crippen LogP contribution in [0.15, 0.2) is 168 Å². The zero-order chi connectivity index (χ0) is 35.1. The van der Waals surface area contributed by atoms with Crippen LogP contribution >= 0.6 is 11.3 Å². The molecule has 0 radical (unpaired) electrons. The average Bonchev–Trinajstić information content (AvgIpc) is 3.80. The third-order valence-electron chi connectivity index (χ3n) is 10.1. The van der Waals surface area contributed by atoms with Crippen molar-refractivity contribution in [2.24, 2.45) is 0 Å². The molecule has 53 heavy (non-hydrogen) atoms. The van der Waals surface area contributed by atoms with E-state index in [4.69, 9.17) is 19.4 Å². The molecule has 10 aromatic rings. The minimum atomic E-state index is 0.699. The summed E-state index contributed by atoms with van der Waals surface area (Å²) in [5.74, 6) is 2.19. The van der Waals surface area contributed by atoms with E-state index in [1.807, 2.05) is 53.8 Å². The first-order valence-electron chi connectivity index (χ1n) is 18.1. The maximum Gasteiger partial charge on any atom is 0.163 e. The third kappa shape index (κ3) is 5.67. The van der Waals surface area contributed by atoms with Crippen molar-refractivity contribution in [1.29, 1.82) is 0 Å². The number of aromatic nitrogens is 3. The fourth-order valence-corrected chi connectivity index (χ4v) is 8.83. The lowest BCUT2D eigenvalue weighted by molar-refractivity contribution is 0.670. The molecule has 0 amide bonds. The molecular formula is C48H33N3OS. The summed E-state index contributed by atoms with van der Waals surface area (Å²) in [4.78, 5) is 14.9. The summed E-state index contributed by atoms with van der Waals surface area (Å²) in [7, 11) is 0. The molecule has 0 unspecified atom stereocenters. The summed E-state index contributed by atoms with van der Waals surface area (Å²) in [5, 5.41) is 4.85. The van der Waals surface area contributed by atoms with Crippen LogP contribution in [0, 0.1) is 0 Å². The van der Waals surface area contributed by atoms with E-state index in [-0.39, 0.29) is 0 Å². The lowest BCUT2D eigenvalue weighted by atomic mass is 9.86. The van der Waals surface area contributed by atoms with Gasteiger partial charge in [0.2, 0.25) is 0 Å². The van der Waals surface area contributed by atoms with E-state index in [1.165, 1.54) is 42.4 Å². The highest BCUT2D eigenvalue weighted by Crippen LogP contribution is 2.46. The highest BCUT2D eigenvalue weighted by Gasteiger charge is 2.21. The number of hydrogen-bond donors (Lipinski definition) is 0. The van der Waals surface area contributed by atoms with Gasteiger partial charge in [-0.1, -0.05) is 146 Å². The van der Waals surface area contributed by atoms with Gasteiger partial charge in [0.15, 0.2) is 11.6 Å². The number of aryl methyl sites for hydroxylation is 2. The highest BCUT2D eigenvalue weighted by molar-refractivity contribution is 7.25. The molecule has 0 aliphatic carbocycles. The molecule has 252 valence electrons. The number of furan rings is 1. The summed E-state index contributed by atoms with van der Waals surface area (Å²) in [6.45, 7) is 0. The van der Waals surface area contributed by atoms with Gasteiger partial charge in [-0.15, -0.1) is 11.3 Å². The molecule has 0 N–H and O–H groups in total. The topological polar surface area (TPSA) is 51.8 Å². The quantitative estimate of drug-likeness (QED) is 0.158. The molecule has 0 saturated carbocycles. The van der Waals surface area contributed by atoms with E-state index in [0.29, 0.717) is 18.1 Å². The summed E-state index contributed by atoms with van der Waals surface area (Å²) < 4.78 is 9.28. The van der Waals surface area contributed by atoms with Crippen molar-refractivity contribution in [2.75, 3.05) is 0 Å². The molecule has 0 bridgehead atoms. The molecule has 4 nitrogen and oxygen atoms in total. The summed E-state index contributed by atoms with van der Waals surface area (Å²) in [6.07, 6.45) is 2.42. The Morgan fingerprint density at radius 3 is 1.85 bits per heavy atom. The smallest absolute Gasteiger partial charge is 0.163 e. The number of benzene rings is 7. The second-order valence-electron chi connectivity index (χ2n) is 13.4. The van der Waals surface area contributed by atoms with Crippen LogP contribution in [0.3, 0.4) is 0 Å². The van der Waals surface area contributed by atoms with Gasteiger partial charge in [-0.2, -0.15) is 0 Å². The van der Waals surface area contributed by atoms with Gasteiger partial charge in [-0.3, -0.25) is 0 Å². The van der Waals surface area contributed by atoms with E-state index in [9.17, 15) is 0 Å². The first-order valence-corrected chi connectivity index (χ1v) is 18.9. The number of para-hydroxylation sites is 2. The minimum absolute atomic E-state index is 0.699. The van der Waals surface area contributed by atoms with Crippen molar-refractivity contribution in [2.45, 2.75) is 19.3 Å². The lowest BCUT2D eigenvalue weighted by Gasteiger charge is -2.17. The van der Waals surface area contributed by atoms with Crippen LogP contribution in [0.2, 0.25) is 0 Å². The lowest BCUT2D eigenvalue weighted by Crippen LogP contribution is -2.04. The average molecular weight is 700 g/mol. The van der Waals surface area contributed by atoms with Crippen LogP contribution < -0.4 is 0 Å². The van der Waals surface area contributed by atoms with E-state index in [0.717, 1.165) is 57.3 Å². The molecule has 10 rings (SSSR count). The second-order valence-corrected chi connectivity index (χ2v) is 14.5.